The first-order chi connectivity index (χ1) is 10.8. The van der Waals surface area contributed by atoms with Gasteiger partial charge in [-0.1, -0.05) is 47.5 Å². The molecule has 7 heteroatoms. The van der Waals surface area contributed by atoms with Gasteiger partial charge in [0.1, 0.15) is 5.92 Å². The average molecular weight is 358 g/mol. The molecule has 2 nitrogen and oxygen atoms in total. The molecule has 2 aromatic rings. The molecule has 23 heavy (non-hydrogen) atoms. The summed E-state index contributed by atoms with van der Waals surface area (Å²) in [5, 5.41) is 9.59. The van der Waals surface area contributed by atoms with Gasteiger partial charge in [-0.3, -0.25) is 4.79 Å². The van der Waals surface area contributed by atoms with E-state index in [1.807, 2.05) is 0 Å². The molecule has 0 amide bonds. The number of Topliss-reactive ketones (excluding diaryl/α,β-unsaturated/α-hetero) is 1. The molecule has 1 unspecified atom stereocenters. The molecule has 0 heterocycles. The number of alkyl halides is 3. The first-order valence-electron chi connectivity index (χ1n) is 6.30. The third-order valence-electron chi connectivity index (χ3n) is 3.16. The molecule has 0 aliphatic carbocycles. The summed E-state index contributed by atoms with van der Waals surface area (Å²) in [6.45, 7) is 0. The summed E-state index contributed by atoms with van der Waals surface area (Å²) in [6, 6.07) is 10.1. The summed E-state index contributed by atoms with van der Waals surface area (Å²) < 4.78 is 39.1. The Morgan fingerprint density at radius 2 is 1.78 bits per heavy atom. The van der Waals surface area contributed by atoms with Crippen molar-refractivity contribution in [3.63, 3.8) is 0 Å². The smallest absolute Gasteiger partial charge is 0.292 e. The van der Waals surface area contributed by atoms with Crippen molar-refractivity contribution < 1.29 is 18.0 Å². The second-order valence-corrected chi connectivity index (χ2v) is 5.48. The summed E-state index contributed by atoms with van der Waals surface area (Å²) in [6.07, 6.45) is -4.70. The van der Waals surface area contributed by atoms with E-state index < -0.39 is 29.0 Å². The lowest BCUT2D eigenvalue weighted by atomic mass is 9.89. The summed E-state index contributed by atoms with van der Waals surface area (Å²) in [7, 11) is 0. The van der Waals surface area contributed by atoms with Crippen LogP contribution in [0.5, 0.6) is 0 Å². The second-order valence-electron chi connectivity index (χ2n) is 4.64. The minimum Gasteiger partial charge on any atom is -0.292 e. The zero-order chi connectivity index (χ0) is 17.2. The largest absolute Gasteiger partial charge is 0.417 e. The summed E-state index contributed by atoms with van der Waals surface area (Å²) in [5.41, 5.74) is -1.55. The van der Waals surface area contributed by atoms with E-state index in [-0.39, 0.29) is 10.6 Å². The Balaban J connectivity index is 2.53. The predicted octanol–water partition coefficient (Wildman–Crippen LogP) is 5.50. The number of carbonyl (C=O) groups excluding carboxylic acids is 1. The molecule has 0 fully saturated rings. The van der Waals surface area contributed by atoms with Crippen LogP contribution in [0.3, 0.4) is 0 Å². The fourth-order valence-corrected chi connectivity index (χ4v) is 2.62. The van der Waals surface area contributed by atoms with Crippen LogP contribution in [0.4, 0.5) is 13.2 Å². The normalized spacial score (nSPS) is 12.5. The van der Waals surface area contributed by atoms with Crippen LogP contribution < -0.4 is 0 Å². The molecule has 0 N–H and O–H groups in total. The average Bonchev–Trinajstić information content (AvgIpc) is 2.49. The maximum absolute atomic E-state index is 13.0. The quantitative estimate of drug-likeness (QED) is 0.680. The van der Waals surface area contributed by atoms with Crippen molar-refractivity contribution in [2.24, 2.45) is 0 Å². The molecule has 0 saturated carbocycles. The monoisotopic (exact) mass is 357 g/mol. The molecule has 0 aliphatic rings. The van der Waals surface area contributed by atoms with E-state index in [1.54, 1.807) is 6.07 Å². The summed E-state index contributed by atoms with van der Waals surface area (Å²) >= 11 is 11.7. The van der Waals surface area contributed by atoms with Gasteiger partial charge < -0.3 is 0 Å². The minimum absolute atomic E-state index is 0.0434. The Hall–Kier alpha value is -2.03. The highest BCUT2D eigenvalue weighted by molar-refractivity contribution is 6.35. The van der Waals surface area contributed by atoms with Gasteiger partial charge in [-0.05, 0) is 23.8 Å². The molecular formula is C16H8Cl2F3NO. The number of carbonyl (C=O) groups is 1. The van der Waals surface area contributed by atoms with Crippen LogP contribution in [-0.2, 0) is 6.18 Å². The van der Waals surface area contributed by atoms with Crippen LogP contribution >= 0.6 is 23.2 Å². The SMILES string of the molecule is N#CC(C(=O)c1ccccc1C(F)(F)F)c1ccc(Cl)cc1Cl. The molecular weight excluding hydrogens is 350 g/mol. The van der Waals surface area contributed by atoms with Gasteiger partial charge in [0.05, 0.1) is 11.6 Å². The molecule has 1 atom stereocenters. The third-order valence-corrected chi connectivity index (χ3v) is 3.73. The van der Waals surface area contributed by atoms with Gasteiger partial charge in [0, 0.05) is 15.6 Å². The van der Waals surface area contributed by atoms with Gasteiger partial charge in [-0.15, -0.1) is 0 Å². The van der Waals surface area contributed by atoms with Gasteiger partial charge in [0.2, 0.25) is 0 Å². The number of hydrogen-bond donors (Lipinski definition) is 0. The molecule has 2 rings (SSSR count). The molecule has 118 valence electrons. The molecule has 0 radical (unpaired) electrons. The van der Waals surface area contributed by atoms with Crippen molar-refractivity contribution in [1.82, 2.24) is 0 Å². The van der Waals surface area contributed by atoms with E-state index in [2.05, 4.69) is 0 Å². The standard InChI is InChI=1S/C16H8Cl2F3NO/c17-9-5-6-10(14(18)7-9)12(8-22)15(23)11-3-1-2-4-13(11)16(19,20)21/h1-7,12H. The van der Waals surface area contributed by atoms with Crippen LogP contribution in [0.15, 0.2) is 42.5 Å². The molecule has 0 bridgehead atoms. The van der Waals surface area contributed by atoms with Crippen molar-refractivity contribution in [3.8, 4) is 6.07 Å². The Labute approximate surface area is 140 Å². The van der Waals surface area contributed by atoms with E-state index in [0.717, 1.165) is 12.1 Å². The van der Waals surface area contributed by atoms with Crippen molar-refractivity contribution in [2.75, 3.05) is 0 Å². The van der Waals surface area contributed by atoms with E-state index in [1.165, 1.54) is 30.3 Å². The predicted molar refractivity (Wildman–Crippen MR) is 80.6 cm³/mol. The number of rotatable bonds is 3. The van der Waals surface area contributed by atoms with Crippen LogP contribution in [-0.4, -0.2) is 5.78 Å². The lowest BCUT2D eigenvalue weighted by molar-refractivity contribution is -0.137. The Kier molecular flexibility index (Phi) is 4.98. The summed E-state index contributed by atoms with van der Waals surface area (Å²) in [5.74, 6) is -2.42. The first kappa shape index (κ1) is 17.3. The van der Waals surface area contributed by atoms with Crippen molar-refractivity contribution in [3.05, 3.63) is 69.2 Å². The molecule has 0 aromatic heterocycles. The maximum atomic E-state index is 13.0. The van der Waals surface area contributed by atoms with Gasteiger partial charge in [0.15, 0.2) is 5.78 Å². The van der Waals surface area contributed by atoms with Crippen molar-refractivity contribution in [1.29, 1.82) is 5.26 Å². The summed E-state index contributed by atoms with van der Waals surface area (Å²) in [4.78, 5) is 12.5. The van der Waals surface area contributed by atoms with Crippen LogP contribution in [0.25, 0.3) is 0 Å². The highest BCUT2D eigenvalue weighted by Gasteiger charge is 2.37. The fourth-order valence-electron chi connectivity index (χ4n) is 2.11. The van der Waals surface area contributed by atoms with Crippen LogP contribution in [0.2, 0.25) is 10.0 Å². The number of halogens is 5. The van der Waals surface area contributed by atoms with Crippen molar-refractivity contribution in [2.45, 2.75) is 12.1 Å². The Morgan fingerprint density at radius 1 is 1.13 bits per heavy atom. The highest BCUT2D eigenvalue weighted by atomic mass is 35.5. The van der Waals surface area contributed by atoms with Gasteiger partial charge in [0.25, 0.3) is 0 Å². The molecule has 0 spiro atoms. The first-order valence-corrected chi connectivity index (χ1v) is 7.06. The maximum Gasteiger partial charge on any atom is 0.417 e. The lowest BCUT2D eigenvalue weighted by Gasteiger charge is -2.15. The number of benzene rings is 2. The van der Waals surface area contributed by atoms with E-state index in [0.29, 0.717) is 5.02 Å². The van der Waals surface area contributed by atoms with Gasteiger partial charge in [-0.2, -0.15) is 18.4 Å². The van der Waals surface area contributed by atoms with E-state index in [9.17, 15) is 23.2 Å². The Bertz CT molecular complexity index is 797. The molecule has 0 aliphatic heterocycles. The minimum atomic E-state index is -4.70. The third kappa shape index (κ3) is 3.66. The lowest BCUT2D eigenvalue weighted by Crippen LogP contribution is -2.18. The number of hydrogen-bond acceptors (Lipinski definition) is 2. The number of nitriles is 1. The van der Waals surface area contributed by atoms with Gasteiger partial charge in [-0.25, -0.2) is 0 Å². The number of ketones is 1. The Morgan fingerprint density at radius 3 is 2.35 bits per heavy atom. The zero-order valence-electron chi connectivity index (χ0n) is 11.4. The highest BCUT2D eigenvalue weighted by Crippen LogP contribution is 2.35. The van der Waals surface area contributed by atoms with Crippen molar-refractivity contribution >= 4 is 29.0 Å². The fraction of sp³-hybridized carbons (Fsp3) is 0.125. The zero-order valence-corrected chi connectivity index (χ0v) is 12.9. The van der Waals surface area contributed by atoms with E-state index in [4.69, 9.17) is 23.2 Å². The van der Waals surface area contributed by atoms with Crippen LogP contribution in [0, 0.1) is 11.3 Å². The topological polar surface area (TPSA) is 40.9 Å². The van der Waals surface area contributed by atoms with Crippen LogP contribution in [0.1, 0.15) is 27.4 Å². The van der Waals surface area contributed by atoms with E-state index >= 15 is 0 Å². The van der Waals surface area contributed by atoms with Gasteiger partial charge >= 0.3 is 6.18 Å². The second kappa shape index (κ2) is 6.61. The molecule has 2 aromatic carbocycles. The molecule has 0 saturated heterocycles. The number of nitrogens with zero attached hydrogens (tertiary/aromatic N) is 1.